The van der Waals surface area contributed by atoms with E-state index < -0.39 is 5.82 Å². The minimum Gasteiger partial charge on any atom is -0.507 e. The second-order valence-corrected chi connectivity index (χ2v) is 4.47. The minimum atomic E-state index is -0.484. The van der Waals surface area contributed by atoms with Crippen LogP contribution in [0, 0.1) is 11.6 Å². The highest BCUT2D eigenvalue weighted by Gasteiger charge is 2.16. The van der Waals surface area contributed by atoms with Crippen molar-refractivity contribution in [2.45, 2.75) is 13.0 Å². The molecule has 100 valence electrons. The van der Waals surface area contributed by atoms with E-state index in [1.54, 1.807) is 19.2 Å². The first-order valence-corrected chi connectivity index (χ1v) is 5.96. The standard InChI is InChI=1S/C15H15F2NO/c1-10(14-7-6-12(17)9-15(14)19)18(2)13-5-3-4-11(16)8-13/h3-10,19H,1-2H3. The Bertz CT molecular complexity index is 586. The van der Waals surface area contributed by atoms with Gasteiger partial charge in [-0.2, -0.15) is 0 Å². The van der Waals surface area contributed by atoms with Crippen LogP contribution >= 0.6 is 0 Å². The Morgan fingerprint density at radius 2 is 1.74 bits per heavy atom. The van der Waals surface area contributed by atoms with Crippen molar-refractivity contribution in [2.75, 3.05) is 11.9 Å². The van der Waals surface area contributed by atoms with Gasteiger partial charge in [0.25, 0.3) is 0 Å². The van der Waals surface area contributed by atoms with E-state index in [2.05, 4.69) is 0 Å². The zero-order valence-electron chi connectivity index (χ0n) is 10.8. The summed E-state index contributed by atoms with van der Waals surface area (Å²) in [6, 6.07) is 9.89. The highest BCUT2D eigenvalue weighted by atomic mass is 19.1. The summed E-state index contributed by atoms with van der Waals surface area (Å²) in [6.07, 6.45) is 0. The van der Waals surface area contributed by atoms with Gasteiger partial charge >= 0.3 is 0 Å². The Hall–Kier alpha value is -2.10. The van der Waals surface area contributed by atoms with Gasteiger partial charge in [0.05, 0.1) is 6.04 Å². The molecule has 0 aliphatic heterocycles. The fourth-order valence-electron chi connectivity index (χ4n) is 2.00. The number of aromatic hydroxyl groups is 1. The van der Waals surface area contributed by atoms with E-state index in [0.717, 1.165) is 6.07 Å². The van der Waals surface area contributed by atoms with Crippen LogP contribution < -0.4 is 4.90 Å². The number of nitrogens with zero attached hydrogens (tertiary/aromatic N) is 1. The molecular formula is C15H15F2NO. The molecule has 1 unspecified atom stereocenters. The molecule has 0 aliphatic carbocycles. The summed E-state index contributed by atoms with van der Waals surface area (Å²) < 4.78 is 26.2. The van der Waals surface area contributed by atoms with E-state index in [1.807, 2.05) is 11.8 Å². The molecule has 0 spiro atoms. The van der Waals surface area contributed by atoms with Crippen molar-refractivity contribution in [1.82, 2.24) is 0 Å². The van der Waals surface area contributed by atoms with Gasteiger partial charge in [0, 0.05) is 24.4 Å². The van der Waals surface area contributed by atoms with E-state index >= 15 is 0 Å². The van der Waals surface area contributed by atoms with Gasteiger partial charge < -0.3 is 10.0 Å². The predicted octanol–water partition coefficient (Wildman–Crippen LogP) is 3.87. The van der Waals surface area contributed by atoms with Crippen molar-refractivity contribution in [1.29, 1.82) is 0 Å². The third-order valence-electron chi connectivity index (χ3n) is 3.24. The van der Waals surface area contributed by atoms with Gasteiger partial charge in [0.2, 0.25) is 0 Å². The Balaban J connectivity index is 2.30. The molecule has 0 saturated heterocycles. The fraction of sp³-hybridized carbons (Fsp3) is 0.200. The third-order valence-corrected chi connectivity index (χ3v) is 3.24. The van der Waals surface area contributed by atoms with Gasteiger partial charge in [0.15, 0.2) is 0 Å². The number of benzene rings is 2. The lowest BCUT2D eigenvalue weighted by Gasteiger charge is -2.28. The Morgan fingerprint density at radius 1 is 1.05 bits per heavy atom. The van der Waals surface area contributed by atoms with E-state index in [9.17, 15) is 13.9 Å². The van der Waals surface area contributed by atoms with Gasteiger partial charge in [0.1, 0.15) is 17.4 Å². The second-order valence-electron chi connectivity index (χ2n) is 4.47. The molecule has 1 atom stereocenters. The van der Waals surface area contributed by atoms with Crippen molar-refractivity contribution in [3.8, 4) is 5.75 Å². The van der Waals surface area contributed by atoms with E-state index in [1.165, 1.54) is 24.3 Å². The summed E-state index contributed by atoms with van der Waals surface area (Å²) >= 11 is 0. The molecule has 1 N–H and O–H groups in total. The smallest absolute Gasteiger partial charge is 0.126 e. The number of rotatable bonds is 3. The second kappa shape index (κ2) is 5.26. The van der Waals surface area contributed by atoms with Crippen LogP contribution in [0.1, 0.15) is 18.5 Å². The molecule has 0 heterocycles. The maximum atomic E-state index is 13.2. The molecule has 0 fully saturated rings. The van der Waals surface area contributed by atoms with Gasteiger partial charge in [-0.3, -0.25) is 0 Å². The van der Waals surface area contributed by atoms with Crippen molar-refractivity contribution < 1.29 is 13.9 Å². The maximum Gasteiger partial charge on any atom is 0.126 e. The first-order valence-electron chi connectivity index (χ1n) is 5.96. The SMILES string of the molecule is CC(c1ccc(F)cc1O)N(C)c1cccc(F)c1. The van der Waals surface area contributed by atoms with E-state index in [4.69, 9.17) is 0 Å². The van der Waals surface area contributed by atoms with Crippen LogP contribution in [0.3, 0.4) is 0 Å². The van der Waals surface area contributed by atoms with Crippen molar-refractivity contribution in [2.24, 2.45) is 0 Å². The maximum absolute atomic E-state index is 13.2. The lowest BCUT2D eigenvalue weighted by molar-refractivity contribution is 0.456. The highest BCUT2D eigenvalue weighted by molar-refractivity contribution is 5.49. The molecule has 0 amide bonds. The number of anilines is 1. The fourth-order valence-corrected chi connectivity index (χ4v) is 2.00. The summed E-state index contributed by atoms with van der Waals surface area (Å²) in [5.41, 5.74) is 1.28. The Labute approximate surface area is 110 Å². The topological polar surface area (TPSA) is 23.5 Å². The van der Waals surface area contributed by atoms with Crippen molar-refractivity contribution in [3.05, 3.63) is 59.7 Å². The average molecular weight is 263 g/mol. The zero-order chi connectivity index (χ0) is 14.0. The number of hydrogen-bond acceptors (Lipinski definition) is 2. The molecule has 2 aromatic rings. The highest BCUT2D eigenvalue weighted by Crippen LogP contribution is 2.31. The van der Waals surface area contributed by atoms with Crippen LogP contribution in [-0.4, -0.2) is 12.2 Å². The van der Waals surface area contributed by atoms with Gasteiger partial charge in [-0.25, -0.2) is 8.78 Å². The largest absolute Gasteiger partial charge is 0.507 e. The molecular weight excluding hydrogens is 248 g/mol. The first kappa shape index (κ1) is 13.3. The van der Waals surface area contributed by atoms with Crippen LogP contribution in [0.15, 0.2) is 42.5 Å². The third kappa shape index (κ3) is 2.84. The first-order chi connectivity index (χ1) is 8.99. The van der Waals surface area contributed by atoms with E-state index in [-0.39, 0.29) is 17.6 Å². The van der Waals surface area contributed by atoms with Crippen molar-refractivity contribution in [3.63, 3.8) is 0 Å². The Morgan fingerprint density at radius 3 is 2.37 bits per heavy atom. The lowest BCUT2D eigenvalue weighted by Crippen LogP contribution is -2.21. The van der Waals surface area contributed by atoms with Crippen LogP contribution in [0.2, 0.25) is 0 Å². The minimum absolute atomic E-state index is 0.101. The molecule has 4 heteroatoms. The molecule has 0 aliphatic rings. The van der Waals surface area contributed by atoms with Gasteiger partial charge in [-0.1, -0.05) is 12.1 Å². The number of phenols is 1. The summed E-state index contributed by atoms with van der Waals surface area (Å²) in [5.74, 6) is -0.905. The predicted molar refractivity (Wildman–Crippen MR) is 71.3 cm³/mol. The van der Waals surface area contributed by atoms with Crippen molar-refractivity contribution >= 4 is 5.69 Å². The van der Waals surface area contributed by atoms with Gasteiger partial charge in [-0.05, 0) is 31.2 Å². The molecule has 2 nitrogen and oxygen atoms in total. The number of hydrogen-bond donors (Lipinski definition) is 1. The Kier molecular flexibility index (Phi) is 3.69. The lowest BCUT2D eigenvalue weighted by atomic mass is 10.1. The summed E-state index contributed by atoms with van der Waals surface area (Å²) in [6.45, 7) is 1.86. The van der Waals surface area contributed by atoms with Crippen LogP contribution in [-0.2, 0) is 0 Å². The molecule has 0 aromatic heterocycles. The number of halogens is 2. The normalized spacial score (nSPS) is 12.2. The monoisotopic (exact) mass is 263 g/mol. The number of phenolic OH excluding ortho intramolecular Hbond substituents is 1. The average Bonchev–Trinajstić information content (AvgIpc) is 2.37. The molecule has 2 aromatic carbocycles. The van der Waals surface area contributed by atoms with Crippen LogP contribution in [0.25, 0.3) is 0 Å². The van der Waals surface area contributed by atoms with Gasteiger partial charge in [-0.15, -0.1) is 0 Å². The van der Waals surface area contributed by atoms with Crippen LogP contribution in [0.5, 0.6) is 5.75 Å². The van der Waals surface area contributed by atoms with Crippen LogP contribution in [0.4, 0.5) is 14.5 Å². The molecule has 0 bridgehead atoms. The zero-order valence-corrected chi connectivity index (χ0v) is 10.8. The molecule has 0 saturated carbocycles. The molecule has 2 rings (SSSR count). The summed E-state index contributed by atoms with van der Waals surface area (Å²) in [4.78, 5) is 1.82. The van der Waals surface area contributed by atoms with E-state index in [0.29, 0.717) is 11.3 Å². The molecule has 0 radical (unpaired) electrons. The summed E-state index contributed by atoms with van der Waals surface area (Å²) in [7, 11) is 1.79. The summed E-state index contributed by atoms with van der Waals surface area (Å²) in [5, 5.41) is 9.77. The molecule has 19 heavy (non-hydrogen) atoms. The quantitative estimate of drug-likeness (QED) is 0.908.